The number of methoxy groups -OCH3 is 1. The molecule has 0 bridgehead atoms. The fraction of sp³-hybridized carbons (Fsp3) is 0.632. The van der Waals surface area contributed by atoms with Crippen molar-refractivity contribution in [3.63, 3.8) is 0 Å². The van der Waals surface area contributed by atoms with Crippen LogP contribution >= 0.6 is 0 Å². The van der Waals surface area contributed by atoms with Crippen LogP contribution < -0.4 is 4.74 Å². The van der Waals surface area contributed by atoms with E-state index < -0.39 is 17.8 Å². The minimum Gasteiger partial charge on any atom is -0.497 e. The van der Waals surface area contributed by atoms with Crippen molar-refractivity contribution in [1.29, 1.82) is 0 Å². The lowest BCUT2D eigenvalue weighted by Crippen LogP contribution is -2.54. The number of hydrogen-bond acceptors (Lipinski definition) is 5. The topological polar surface area (TPSA) is 56.3 Å². The van der Waals surface area contributed by atoms with E-state index in [-0.39, 0.29) is 5.56 Å². The first kappa shape index (κ1) is 19.1. The summed E-state index contributed by atoms with van der Waals surface area (Å²) in [7, 11) is 3.64. The summed E-state index contributed by atoms with van der Waals surface area (Å²) in [5, 5.41) is 9.74. The van der Waals surface area contributed by atoms with E-state index in [1.54, 1.807) is 0 Å². The second-order valence-corrected chi connectivity index (χ2v) is 7.23. The van der Waals surface area contributed by atoms with Crippen LogP contribution in [0.4, 0.5) is 4.39 Å². The minimum atomic E-state index is -1.02. The molecular weight excluding hydrogens is 337 g/mol. The average molecular weight is 365 g/mol. The van der Waals surface area contributed by atoms with Gasteiger partial charge < -0.3 is 14.7 Å². The Morgan fingerprint density at radius 2 is 1.85 bits per heavy atom. The average Bonchev–Trinajstić information content (AvgIpc) is 2.64. The van der Waals surface area contributed by atoms with Gasteiger partial charge in [0.1, 0.15) is 17.6 Å². The van der Waals surface area contributed by atoms with Crippen molar-refractivity contribution in [2.75, 3.05) is 53.4 Å². The highest BCUT2D eigenvalue weighted by atomic mass is 19.1. The molecule has 2 aliphatic rings. The van der Waals surface area contributed by atoms with Gasteiger partial charge in [-0.3, -0.25) is 14.6 Å². The summed E-state index contributed by atoms with van der Waals surface area (Å²) in [6.45, 7) is 5.11. The molecule has 0 aromatic heterocycles. The molecule has 0 radical (unpaired) electrons. The highest BCUT2D eigenvalue weighted by Crippen LogP contribution is 2.29. The van der Waals surface area contributed by atoms with Crippen LogP contribution in [0.1, 0.15) is 24.4 Å². The van der Waals surface area contributed by atoms with E-state index in [1.165, 1.54) is 25.3 Å². The molecule has 2 aliphatic heterocycles. The Bertz CT molecular complexity index is 626. The van der Waals surface area contributed by atoms with Crippen molar-refractivity contribution in [1.82, 2.24) is 14.7 Å². The number of piperidine rings is 1. The summed E-state index contributed by atoms with van der Waals surface area (Å²) in [5.74, 6) is -1.06. The molecule has 2 heterocycles. The third kappa shape index (κ3) is 4.16. The van der Waals surface area contributed by atoms with Crippen molar-refractivity contribution in [3.05, 3.63) is 29.6 Å². The maximum atomic E-state index is 14.3. The predicted molar refractivity (Wildman–Crippen MR) is 97.0 cm³/mol. The normalized spacial score (nSPS) is 22.3. The van der Waals surface area contributed by atoms with Crippen LogP contribution in [0.25, 0.3) is 0 Å². The van der Waals surface area contributed by atoms with Gasteiger partial charge in [-0.1, -0.05) is 0 Å². The van der Waals surface area contributed by atoms with Crippen molar-refractivity contribution in [2.24, 2.45) is 0 Å². The summed E-state index contributed by atoms with van der Waals surface area (Å²) < 4.78 is 19.5. The molecule has 0 unspecified atom stereocenters. The zero-order chi connectivity index (χ0) is 18.7. The molecular formula is C19H28FN3O3. The summed E-state index contributed by atoms with van der Waals surface area (Å²) in [6.07, 6.45) is 2.31. The van der Waals surface area contributed by atoms with Crippen LogP contribution in [-0.4, -0.2) is 85.2 Å². The fourth-order valence-electron chi connectivity index (χ4n) is 4.07. The zero-order valence-corrected chi connectivity index (χ0v) is 15.5. The van der Waals surface area contributed by atoms with Gasteiger partial charge in [0.2, 0.25) is 0 Å². The second-order valence-electron chi connectivity index (χ2n) is 7.23. The van der Waals surface area contributed by atoms with Gasteiger partial charge in [0.15, 0.2) is 0 Å². The summed E-state index contributed by atoms with van der Waals surface area (Å²) in [4.78, 5) is 18.6. The largest absolute Gasteiger partial charge is 0.497 e. The van der Waals surface area contributed by atoms with Crippen molar-refractivity contribution >= 4 is 5.97 Å². The molecule has 144 valence electrons. The third-order valence-corrected chi connectivity index (χ3v) is 5.65. The summed E-state index contributed by atoms with van der Waals surface area (Å²) >= 11 is 0. The van der Waals surface area contributed by atoms with Crippen LogP contribution in [0.5, 0.6) is 5.75 Å². The number of piperazine rings is 1. The lowest BCUT2D eigenvalue weighted by molar-refractivity contribution is -0.144. The number of hydrogen-bond donors (Lipinski definition) is 1. The highest BCUT2D eigenvalue weighted by molar-refractivity contribution is 5.76. The molecule has 0 aliphatic carbocycles. The molecule has 7 heteroatoms. The van der Waals surface area contributed by atoms with Crippen LogP contribution in [0.15, 0.2) is 18.2 Å². The number of benzene rings is 1. The molecule has 26 heavy (non-hydrogen) atoms. The minimum absolute atomic E-state index is 0.171. The molecule has 1 atom stereocenters. The first-order valence-electron chi connectivity index (χ1n) is 9.22. The Kier molecular flexibility index (Phi) is 6.11. The first-order chi connectivity index (χ1) is 12.5. The molecule has 3 rings (SSSR count). The number of aliphatic carboxylic acids is 1. The number of carboxylic acid groups (broad SMARTS) is 1. The van der Waals surface area contributed by atoms with E-state index in [4.69, 9.17) is 4.74 Å². The van der Waals surface area contributed by atoms with Crippen LogP contribution in [0, 0.1) is 5.82 Å². The maximum absolute atomic E-state index is 14.3. The number of likely N-dealkylation sites (tertiary alicyclic amines) is 1. The van der Waals surface area contributed by atoms with Gasteiger partial charge in [-0.25, -0.2) is 4.39 Å². The van der Waals surface area contributed by atoms with Gasteiger partial charge in [0.05, 0.1) is 7.11 Å². The molecule has 1 aromatic carbocycles. The van der Waals surface area contributed by atoms with Crippen LogP contribution in [0.2, 0.25) is 0 Å². The lowest BCUT2D eigenvalue weighted by atomic mass is 10.0. The van der Waals surface area contributed by atoms with Crippen LogP contribution in [0.3, 0.4) is 0 Å². The predicted octanol–water partition coefficient (Wildman–Crippen LogP) is 1.67. The number of carbonyl (C=O) groups is 1. The van der Waals surface area contributed by atoms with E-state index in [9.17, 15) is 14.3 Å². The molecule has 2 saturated heterocycles. The number of nitrogens with zero attached hydrogens (tertiary/aromatic N) is 3. The third-order valence-electron chi connectivity index (χ3n) is 5.65. The van der Waals surface area contributed by atoms with E-state index in [1.807, 2.05) is 4.90 Å². The molecule has 1 N–H and O–H groups in total. The highest BCUT2D eigenvalue weighted by Gasteiger charge is 2.34. The Hall–Kier alpha value is -1.70. The van der Waals surface area contributed by atoms with Gasteiger partial charge in [0.25, 0.3) is 0 Å². The number of carboxylic acids is 1. The Morgan fingerprint density at radius 1 is 1.19 bits per heavy atom. The molecule has 0 saturated carbocycles. The number of rotatable bonds is 5. The Morgan fingerprint density at radius 3 is 2.42 bits per heavy atom. The van der Waals surface area contributed by atoms with E-state index >= 15 is 0 Å². The Labute approximate surface area is 154 Å². The van der Waals surface area contributed by atoms with Gasteiger partial charge in [-0.2, -0.15) is 0 Å². The standard InChI is InChI=1S/C19H28FN3O3/c1-21-7-5-14(6-8-21)22-9-11-23(12-10-22)18(19(24)25)16-13-15(26-2)3-4-17(16)20/h3-4,13-14,18H,5-12H2,1-2H3,(H,24,25)/t18-/m0/s1. The molecule has 1 aromatic rings. The van der Waals surface area contributed by atoms with Gasteiger partial charge in [-0.05, 0) is 51.2 Å². The maximum Gasteiger partial charge on any atom is 0.325 e. The Balaban J connectivity index is 1.68. The second kappa shape index (κ2) is 8.33. The molecule has 0 spiro atoms. The summed E-state index contributed by atoms with van der Waals surface area (Å²) in [6, 6.07) is 3.88. The zero-order valence-electron chi connectivity index (χ0n) is 15.5. The van der Waals surface area contributed by atoms with E-state index in [0.29, 0.717) is 24.9 Å². The van der Waals surface area contributed by atoms with Gasteiger partial charge in [0, 0.05) is 37.8 Å². The first-order valence-corrected chi connectivity index (χ1v) is 9.22. The molecule has 2 fully saturated rings. The van der Waals surface area contributed by atoms with Crippen molar-refractivity contribution in [3.8, 4) is 5.75 Å². The SMILES string of the molecule is COc1ccc(F)c([C@@H](C(=O)O)N2CCN(C3CCN(C)CC3)CC2)c1. The van der Waals surface area contributed by atoms with E-state index in [2.05, 4.69) is 16.8 Å². The monoisotopic (exact) mass is 365 g/mol. The smallest absolute Gasteiger partial charge is 0.325 e. The van der Waals surface area contributed by atoms with Gasteiger partial charge in [-0.15, -0.1) is 0 Å². The van der Waals surface area contributed by atoms with Crippen molar-refractivity contribution in [2.45, 2.75) is 24.9 Å². The summed E-state index contributed by atoms with van der Waals surface area (Å²) in [5.41, 5.74) is 0.171. The van der Waals surface area contributed by atoms with Crippen LogP contribution in [-0.2, 0) is 4.79 Å². The molecule has 6 nitrogen and oxygen atoms in total. The van der Waals surface area contributed by atoms with Gasteiger partial charge >= 0.3 is 5.97 Å². The van der Waals surface area contributed by atoms with E-state index in [0.717, 1.165) is 39.0 Å². The lowest BCUT2D eigenvalue weighted by Gasteiger charge is -2.43. The quantitative estimate of drug-likeness (QED) is 0.857. The molecule has 0 amide bonds. The fourth-order valence-corrected chi connectivity index (χ4v) is 4.07. The number of ether oxygens (including phenoxy) is 1. The van der Waals surface area contributed by atoms with Crippen molar-refractivity contribution < 1.29 is 19.0 Å². The number of halogens is 1.